The second-order valence-electron chi connectivity index (χ2n) is 5.64. The van der Waals surface area contributed by atoms with Gasteiger partial charge in [0.25, 0.3) is 5.91 Å². The number of carbonyl (C=O) groups excluding carboxylic acids is 1. The first-order valence-corrected chi connectivity index (χ1v) is 6.94. The maximum atomic E-state index is 12.3. The van der Waals surface area contributed by atoms with Crippen molar-refractivity contribution in [3.05, 3.63) is 24.3 Å². The van der Waals surface area contributed by atoms with Crippen LogP contribution in [0.2, 0.25) is 0 Å². The number of para-hydroxylation sites is 2. The first-order valence-electron chi connectivity index (χ1n) is 6.94. The van der Waals surface area contributed by atoms with Crippen molar-refractivity contribution in [2.24, 2.45) is 5.92 Å². The number of carbonyl (C=O) groups is 2. The molecule has 21 heavy (non-hydrogen) atoms. The van der Waals surface area contributed by atoms with Crippen LogP contribution in [0.3, 0.4) is 0 Å². The molecule has 0 spiro atoms. The summed E-state index contributed by atoms with van der Waals surface area (Å²) >= 11 is 0. The second-order valence-corrected chi connectivity index (χ2v) is 5.64. The minimum atomic E-state index is -1.24. The summed E-state index contributed by atoms with van der Waals surface area (Å²) < 4.78 is 11.1. The molecule has 2 N–H and O–H groups in total. The van der Waals surface area contributed by atoms with Crippen molar-refractivity contribution in [1.29, 1.82) is 0 Å². The summed E-state index contributed by atoms with van der Waals surface area (Å²) in [6.45, 7) is 1.62. The van der Waals surface area contributed by atoms with Crippen LogP contribution in [0.4, 0.5) is 0 Å². The molecule has 0 bridgehead atoms. The molecule has 3 rings (SSSR count). The van der Waals surface area contributed by atoms with Crippen molar-refractivity contribution >= 4 is 11.9 Å². The van der Waals surface area contributed by atoms with E-state index in [2.05, 4.69) is 5.32 Å². The Labute approximate surface area is 122 Å². The molecule has 1 fully saturated rings. The van der Waals surface area contributed by atoms with Gasteiger partial charge in [0.15, 0.2) is 11.5 Å². The molecule has 112 valence electrons. The van der Waals surface area contributed by atoms with Gasteiger partial charge < -0.3 is 19.9 Å². The molecule has 2 aliphatic rings. The Bertz CT molecular complexity index is 583. The van der Waals surface area contributed by atoms with Crippen LogP contribution in [-0.2, 0) is 9.59 Å². The van der Waals surface area contributed by atoms with E-state index in [4.69, 9.17) is 9.47 Å². The van der Waals surface area contributed by atoms with E-state index >= 15 is 0 Å². The highest BCUT2D eigenvalue weighted by molar-refractivity contribution is 5.89. The Kier molecular flexibility index (Phi) is 3.23. The molecule has 1 heterocycles. The molecule has 0 radical (unpaired) electrons. The number of carboxylic acids is 1. The second kappa shape index (κ2) is 4.95. The average Bonchev–Trinajstić information content (AvgIpc) is 3.31. The van der Waals surface area contributed by atoms with Crippen LogP contribution in [0.25, 0.3) is 0 Å². The third-order valence-corrected chi connectivity index (χ3v) is 4.02. The highest BCUT2D eigenvalue weighted by Crippen LogP contribution is 2.40. The first kappa shape index (κ1) is 13.7. The molecular formula is C15H17NO5. The lowest BCUT2D eigenvalue weighted by Crippen LogP contribution is -2.58. The van der Waals surface area contributed by atoms with Crippen LogP contribution < -0.4 is 14.8 Å². The van der Waals surface area contributed by atoms with E-state index in [0.717, 1.165) is 12.8 Å². The molecule has 1 amide bonds. The Morgan fingerprint density at radius 3 is 2.57 bits per heavy atom. The fourth-order valence-corrected chi connectivity index (χ4v) is 2.48. The molecule has 1 aromatic rings. The number of ether oxygens (including phenoxy) is 2. The van der Waals surface area contributed by atoms with E-state index in [1.165, 1.54) is 0 Å². The SMILES string of the molecule is CC(NC(=O)C1COc2ccccc2O1)(C(=O)O)C1CC1. The number of benzene rings is 1. The Hall–Kier alpha value is -2.24. The van der Waals surface area contributed by atoms with Crippen LogP contribution in [-0.4, -0.2) is 35.2 Å². The predicted octanol–water partition coefficient (Wildman–Crippen LogP) is 1.20. The monoisotopic (exact) mass is 291 g/mol. The maximum Gasteiger partial charge on any atom is 0.329 e. The standard InChI is InChI=1S/C15H17NO5/c1-15(14(18)19,9-6-7-9)16-13(17)12-8-20-10-4-2-3-5-11(10)21-12/h2-5,9,12H,6-8H2,1H3,(H,16,17)(H,18,19). The summed E-state index contributed by atoms with van der Waals surface area (Å²) in [6, 6.07) is 7.08. The van der Waals surface area contributed by atoms with E-state index < -0.39 is 23.5 Å². The number of carboxylic acid groups (broad SMARTS) is 1. The van der Waals surface area contributed by atoms with E-state index in [1.807, 2.05) is 6.07 Å². The van der Waals surface area contributed by atoms with Gasteiger partial charge in [-0.1, -0.05) is 12.1 Å². The molecule has 1 aliphatic heterocycles. The van der Waals surface area contributed by atoms with E-state index in [9.17, 15) is 14.7 Å². The quantitative estimate of drug-likeness (QED) is 0.870. The Morgan fingerprint density at radius 1 is 1.29 bits per heavy atom. The van der Waals surface area contributed by atoms with Gasteiger partial charge in [0.05, 0.1) is 0 Å². The Morgan fingerprint density at radius 2 is 1.95 bits per heavy atom. The van der Waals surface area contributed by atoms with Gasteiger partial charge in [0.1, 0.15) is 12.1 Å². The van der Waals surface area contributed by atoms with E-state index in [0.29, 0.717) is 11.5 Å². The van der Waals surface area contributed by atoms with Crippen molar-refractivity contribution in [3.8, 4) is 11.5 Å². The summed E-state index contributed by atoms with van der Waals surface area (Å²) in [4.78, 5) is 23.7. The van der Waals surface area contributed by atoms with Crippen molar-refractivity contribution in [3.63, 3.8) is 0 Å². The van der Waals surface area contributed by atoms with Gasteiger partial charge in [-0.2, -0.15) is 0 Å². The van der Waals surface area contributed by atoms with Crippen molar-refractivity contribution in [2.45, 2.75) is 31.4 Å². The van der Waals surface area contributed by atoms with E-state index in [-0.39, 0.29) is 12.5 Å². The van der Waals surface area contributed by atoms with Crippen LogP contribution in [0, 0.1) is 5.92 Å². The smallest absolute Gasteiger partial charge is 0.329 e. The highest BCUT2D eigenvalue weighted by Gasteiger charge is 2.49. The number of hydrogen-bond acceptors (Lipinski definition) is 4. The summed E-state index contributed by atoms with van der Waals surface area (Å²) in [5.74, 6) is -0.412. The molecule has 6 nitrogen and oxygen atoms in total. The number of rotatable bonds is 4. The molecule has 1 aromatic carbocycles. The Balaban J connectivity index is 1.71. The lowest BCUT2D eigenvalue weighted by molar-refractivity contribution is -0.149. The minimum Gasteiger partial charge on any atom is -0.485 e. The largest absolute Gasteiger partial charge is 0.485 e. The molecular weight excluding hydrogens is 274 g/mol. The zero-order valence-corrected chi connectivity index (χ0v) is 11.7. The molecule has 2 unspecified atom stereocenters. The van der Waals surface area contributed by atoms with Gasteiger partial charge in [-0.15, -0.1) is 0 Å². The summed E-state index contributed by atoms with van der Waals surface area (Å²) in [5.41, 5.74) is -1.24. The van der Waals surface area contributed by atoms with Gasteiger partial charge >= 0.3 is 5.97 Å². The molecule has 6 heteroatoms. The van der Waals surface area contributed by atoms with Crippen LogP contribution in [0.5, 0.6) is 11.5 Å². The fourth-order valence-electron chi connectivity index (χ4n) is 2.48. The number of hydrogen-bond donors (Lipinski definition) is 2. The molecule has 1 aliphatic carbocycles. The zero-order chi connectivity index (χ0) is 15.0. The minimum absolute atomic E-state index is 0.0178. The van der Waals surface area contributed by atoms with Crippen molar-refractivity contribution in [2.75, 3.05) is 6.61 Å². The predicted molar refractivity (Wildman–Crippen MR) is 73.3 cm³/mol. The molecule has 1 saturated carbocycles. The number of nitrogens with one attached hydrogen (secondary N) is 1. The van der Waals surface area contributed by atoms with Gasteiger partial charge in [-0.05, 0) is 37.8 Å². The lowest BCUT2D eigenvalue weighted by Gasteiger charge is -2.30. The van der Waals surface area contributed by atoms with Crippen LogP contribution >= 0.6 is 0 Å². The van der Waals surface area contributed by atoms with Crippen LogP contribution in [0.15, 0.2) is 24.3 Å². The number of fused-ring (bicyclic) bond motifs is 1. The molecule has 2 atom stereocenters. The normalized spacial score (nSPS) is 23.0. The van der Waals surface area contributed by atoms with Gasteiger partial charge in [-0.3, -0.25) is 4.79 Å². The highest BCUT2D eigenvalue weighted by atomic mass is 16.6. The fraction of sp³-hybridized carbons (Fsp3) is 0.467. The molecule has 0 saturated heterocycles. The van der Waals surface area contributed by atoms with Gasteiger partial charge in [0.2, 0.25) is 6.10 Å². The van der Waals surface area contributed by atoms with E-state index in [1.54, 1.807) is 25.1 Å². The third kappa shape index (κ3) is 2.53. The summed E-state index contributed by atoms with van der Waals surface area (Å²) in [7, 11) is 0. The number of aliphatic carboxylic acids is 1. The maximum absolute atomic E-state index is 12.3. The van der Waals surface area contributed by atoms with Crippen LogP contribution in [0.1, 0.15) is 19.8 Å². The molecule has 0 aromatic heterocycles. The van der Waals surface area contributed by atoms with Crippen molar-refractivity contribution < 1.29 is 24.2 Å². The van der Waals surface area contributed by atoms with Gasteiger partial charge in [-0.25, -0.2) is 4.79 Å². The lowest BCUT2D eigenvalue weighted by atomic mass is 9.95. The first-order chi connectivity index (χ1) is 10.0. The summed E-state index contributed by atoms with van der Waals surface area (Å²) in [5, 5.41) is 12.0. The topological polar surface area (TPSA) is 84.9 Å². The van der Waals surface area contributed by atoms with Crippen molar-refractivity contribution in [1.82, 2.24) is 5.32 Å². The average molecular weight is 291 g/mol. The number of amides is 1. The summed E-state index contributed by atoms with van der Waals surface area (Å²) in [6.07, 6.45) is 0.791. The third-order valence-electron chi connectivity index (χ3n) is 4.02. The zero-order valence-electron chi connectivity index (χ0n) is 11.7. The van der Waals surface area contributed by atoms with Gasteiger partial charge in [0, 0.05) is 0 Å².